The second-order valence-corrected chi connectivity index (χ2v) is 4.25. The average Bonchev–Trinajstić information content (AvgIpc) is 2.26. The van der Waals surface area contributed by atoms with Crippen LogP contribution in [0.5, 0.6) is 0 Å². The Bertz CT molecular complexity index is 382. The van der Waals surface area contributed by atoms with Crippen molar-refractivity contribution in [1.82, 2.24) is 5.43 Å². The van der Waals surface area contributed by atoms with Gasteiger partial charge in [-0.15, -0.1) is 12.3 Å². The molecule has 0 saturated heterocycles. The van der Waals surface area contributed by atoms with Gasteiger partial charge in [-0.1, -0.05) is 17.7 Å². The highest BCUT2D eigenvalue weighted by atomic mass is 35.5. The third-order valence-electron chi connectivity index (χ3n) is 2.62. The SMILES string of the molecule is C#CCCCC(NN)c1ccc(Cl)cc1C. The lowest BCUT2D eigenvalue weighted by atomic mass is 9.97. The van der Waals surface area contributed by atoms with Gasteiger partial charge in [-0.05, 0) is 43.0 Å². The second-order valence-electron chi connectivity index (χ2n) is 3.82. The van der Waals surface area contributed by atoms with Crippen molar-refractivity contribution in [1.29, 1.82) is 0 Å². The smallest absolute Gasteiger partial charge is 0.0462 e. The molecular weight excluding hydrogens is 220 g/mol. The molecule has 0 aliphatic carbocycles. The summed E-state index contributed by atoms with van der Waals surface area (Å²) in [5.74, 6) is 8.19. The Hall–Kier alpha value is -1.01. The van der Waals surface area contributed by atoms with Crippen molar-refractivity contribution in [2.24, 2.45) is 5.84 Å². The summed E-state index contributed by atoms with van der Waals surface area (Å²) in [7, 11) is 0. The molecule has 0 bridgehead atoms. The highest BCUT2D eigenvalue weighted by Gasteiger charge is 2.11. The predicted octanol–water partition coefficient (Wildman–Crippen LogP) is 2.96. The molecule has 1 unspecified atom stereocenters. The zero-order valence-electron chi connectivity index (χ0n) is 9.46. The van der Waals surface area contributed by atoms with Gasteiger partial charge < -0.3 is 0 Å². The molecule has 0 aromatic heterocycles. The van der Waals surface area contributed by atoms with E-state index in [4.69, 9.17) is 23.9 Å². The molecule has 0 aliphatic heterocycles. The summed E-state index contributed by atoms with van der Waals surface area (Å²) < 4.78 is 0. The minimum Gasteiger partial charge on any atom is -0.271 e. The number of aryl methyl sites for hydroxylation is 1. The molecule has 1 aromatic carbocycles. The van der Waals surface area contributed by atoms with Crippen LogP contribution in [0, 0.1) is 19.3 Å². The number of rotatable bonds is 5. The van der Waals surface area contributed by atoms with Crippen molar-refractivity contribution in [3.05, 3.63) is 34.3 Å². The van der Waals surface area contributed by atoms with Gasteiger partial charge in [0.2, 0.25) is 0 Å². The van der Waals surface area contributed by atoms with Gasteiger partial charge >= 0.3 is 0 Å². The number of benzene rings is 1. The molecule has 0 saturated carbocycles. The predicted molar refractivity (Wildman–Crippen MR) is 68.9 cm³/mol. The van der Waals surface area contributed by atoms with Crippen LogP contribution in [0.2, 0.25) is 5.02 Å². The van der Waals surface area contributed by atoms with Gasteiger partial charge in [0.1, 0.15) is 0 Å². The summed E-state index contributed by atoms with van der Waals surface area (Å²) in [5.41, 5.74) is 5.16. The van der Waals surface area contributed by atoms with Crippen molar-refractivity contribution in [3.63, 3.8) is 0 Å². The van der Waals surface area contributed by atoms with Crippen LogP contribution in [0.4, 0.5) is 0 Å². The van der Waals surface area contributed by atoms with Crippen molar-refractivity contribution in [2.75, 3.05) is 0 Å². The van der Waals surface area contributed by atoms with E-state index in [1.807, 2.05) is 25.1 Å². The third-order valence-corrected chi connectivity index (χ3v) is 2.86. The van der Waals surface area contributed by atoms with Crippen molar-refractivity contribution in [2.45, 2.75) is 32.2 Å². The first kappa shape index (κ1) is 13.1. The first-order chi connectivity index (χ1) is 7.69. The number of hydrazine groups is 1. The Balaban J connectivity index is 2.75. The lowest BCUT2D eigenvalue weighted by Crippen LogP contribution is -2.28. The zero-order chi connectivity index (χ0) is 12.0. The van der Waals surface area contributed by atoms with Gasteiger partial charge in [-0.3, -0.25) is 11.3 Å². The number of halogens is 1. The Morgan fingerprint density at radius 1 is 1.56 bits per heavy atom. The van der Waals surface area contributed by atoms with Gasteiger partial charge in [0, 0.05) is 17.5 Å². The molecule has 2 nitrogen and oxygen atoms in total. The number of nitrogens with one attached hydrogen (secondary N) is 1. The Kier molecular flexibility index (Phi) is 5.34. The van der Waals surface area contributed by atoms with E-state index in [1.54, 1.807) is 0 Å². The average molecular weight is 237 g/mol. The maximum atomic E-state index is 5.91. The molecule has 16 heavy (non-hydrogen) atoms. The maximum absolute atomic E-state index is 5.91. The molecule has 0 spiro atoms. The van der Waals surface area contributed by atoms with E-state index in [-0.39, 0.29) is 6.04 Å². The largest absolute Gasteiger partial charge is 0.271 e. The molecular formula is C13H17ClN2. The van der Waals surface area contributed by atoms with Crippen LogP contribution >= 0.6 is 11.6 Å². The molecule has 0 fully saturated rings. The van der Waals surface area contributed by atoms with Gasteiger partial charge in [-0.25, -0.2) is 0 Å². The summed E-state index contributed by atoms with van der Waals surface area (Å²) >= 11 is 5.91. The van der Waals surface area contributed by atoms with E-state index >= 15 is 0 Å². The van der Waals surface area contributed by atoms with Crippen LogP contribution in [0.25, 0.3) is 0 Å². The number of terminal acetylenes is 1. The van der Waals surface area contributed by atoms with Crippen LogP contribution < -0.4 is 11.3 Å². The molecule has 0 heterocycles. The summed E-state index contributed by atoms with van der Waals surface area (Å²) in [5, 5.41) is 0.751. The Morgan fingerprint density at radius 3 is 2.88 bits per heavy atom. The molecule has 0 radical (unpaired) electrons. The molecule has 0 amide bonds. The number of hydrogen-bond donors (Lipinski definition) is 2. The fourth-order valence-corrected chi connectivity index (χ4v) is 1.99. The molecule has 0 aliphatic rings. The summed E-state index contributed by atoms with van der Waals surface area (Å²) in [6.07, 6.45) is 7.91. The fourth-order valence-electron chi connectivity index (χ4n) is 1.77. The van der Waals surface area contributed by atoms with Crippen molar-refractivity contribution in [3.8, 4) is 12.3 Å². The van der Waals surface area contributed by atoms with Gasteiger partial charge in [0.25, 0.3) is 0 Å². The first-order valence-electron chi connectivity index (χ1n) is 5.34. The van der Waals surface area contributed by atoms with Gasteiger partial charge in [0.05, 0.1) is 0 Å². The first-order valence-corrected chi connectivity index (χ1v) is 5.72. The third kappa shape index (κ3) is 3.53. The van der Waals surface area contributed by atoms with E-state index in [0.717, 1.165) is 29.8 Å². The summed E-state index contributed by atoms with van der Waals surface area (Å²) in [4.78, 5) is 0. The summed E-state index contributed by atoms with van der Waals surface area (Å²) in [6, 6.07) is 5.99. The second kappa shape index (κ2) is 6.55. The van der Waals surface area contributed by atoms with E-state index in [1.165, 1.54) is 5.56 Å². The lowest BCUT2D eigenvalue weighted by molar-refractivity contribution is 0.500. The highest BCUT2D eigenvalue weighted by Crippen LogP contribution is 2.24. The lowest BCUT2D eigenvalue weighted by Gasteiger charge is -2.18. The molecule has 3 N–H and O–H groups in total. The fraction of sp³-hybridized carbons (Fsp3) is 0.385. The minimum absolute atomic E-state index is 0.144. The van der Waals surface area contributed by atoms with Crippen LogP contribution in [-0.4, -0.2) is 0 Å². The summed E-state index contributed by atoms with van der Waals surface area (Å²) in [6.45, 7) is 2.03. The normalized spacial score (nSPS) is 12.1. The molecule has 1 rings (SSSR count). The Morgan fingerprint density at radius 2 is 2.31 bits per heavy atom. The van der Waals surface area contributed by atoms with Gasteiger partial charge in [-0.2, -0.15) is 0 Å². The van der Waals surface area contributed by atoms with Crippen LogP contribution in [0.1, 0.15) is 36.4 Å². The molecule has 1 atom stereocenters. The number of nitrogens with two attached hydrogens (primary N) is 1. The van der Waals surface area contributed by atoms with E-state index in [2.05, 4.69) is 11.3 Å². The molecule has 86 valence electrons. The van der Waals surface area contributed by atoms with Crippen molar-refractivity contribution < 1.29 is 0 Å². The van der Waals surface area contributed by atoms with Crippen molar-refractivity contribution >= 4 is 11.6 Å². The standard InChI is InChI=1S/C13H17ClN2/c1-3-4-5-6-13(16-15)12-8-7-11(14)9-10(12)2/h1,7-9,13,16H,4-6,15H2,2H3. The van der Waals surface area contributed by atoms with E-state index < -0.39 is 0 Å². The maximum Gasteiger partial charge on any atom is 0.0462 e. The number of hydrogen-bond acceptors (Lipinski definition) is 2. The number of unbranched alkanes of at least 4 members (excludes halogenated alkanes) is 1. The monoisotopic (exact) mass is 236 g/mol. The van der Waals surface area contributed by atoms with Gasteiger partial charge in [0.15, 0.2) is 0 Å². The highest BCUT2D eigenvalue weighted by molar-refractivity contribution is 6.30. The molecule has 1 aromatic rings. The van der Waals surface area contributed by atoms with E-state index in [0.29, 0.717) is 0 Å². The van der Waals surface area contributed by atoms with Crippen LogP contribution in [-0.2, 0) is 0 Å². The van der Waals surface area contributed by atoms with E-state index in [9.17, 15) is 0 Å². The van der Waals surface area contributed by atoms with Crippen LogP contribution in [0.15, 0.2) is 18.2 Å². The Labute approximate surface area is 102 Å². The topological polar surface area (TPSA) is 38.0 Å². The van der Waals surface area contributed by atoms with Crippen LogP contribution in [0.3, 0.4) is 0 Å². The zero-order valence-corrected chi connectivity index (χ0v) is 10.2. The molecule has 3 heteroatoms. The quantitative estimate of drug-likeness (QED) is 0.357. The minimum atomic E-state index is 0.144.